The highest BCUT2D eigenvalue weighted by molar-refractivity contribution is 7.92. The molecule has 1 aromatic heterocycles. The van der Waals surface area contributed by atoms with E-state index in [9.17, 15) is 13.2 Å². The number of hydrogen-bond acceptors (Lipinski definition) is 6. The van der Waals surface area contributed by atoms with Gasteiger partial charge < -0.3 is 9.47 Å². The smallest absolute Gasteiger partial charge is 0.264 e. The van der Waals surface area contributed by atoms with Crippen LogP contribution in [-0.2, 0) is 21.2 Å². The van der Waals surface area contributed by atoms with Gasteiger partial charge in [0.05, 0.1) is 31.3 Å². The predicted octanol–water partition coefficient (Wildman–Crippen LogP) is 3.11. The molecule has 0 aliphatic carbocycles. The Bertz CT molecular complexity index is 1100. The Morgan fingerprint density at radius 2 is 1.77 bits per heavy atom. The molecule has 0 aliphatic rings. The van der Waals surface area contributed by atoms with E-state index in [0.29, 0.717) is 17.1 Å². The van der Waals surface area contributed by atoms with Crippen LogP contribution in [-0.4, -0.2) is 39.9 Å². The van der Waals surface area contributed by atoms with Crippen LogP contribution in [0.3, 0.4) is 0 Å². The largest absolute Gasteiger partial charge is 0.497 e. The van der Waals surface area contributed by atoms with Gasteiger partial charge in [-0.3, -0.25) is 14.1 Å². The second-order valence-electron chi connectivity index (χ2n) is 6.44. The molecule has 3 aromatic rings. The highest BCUT2D eigenvalue weighted by Crippen LogP contribution is 2.35. The lowest BCUT2D eigenvalue weighted by atomic mass is 10.1. The van der Waals surface area contributed by atoms with E-state index in [-0.39, 0.29) is 29.3 Å². The number of aromatic nitrogens is 1. The van der Waals surface area contributed by atoms with Gasteiger partial charge in [0.15, 0.2) is 5.78 Å². The molecule has 0 saturated carbocycles. The maximum atomic E-state index is 13.5. The summed E-state index contributed by atoms with van der Waals surface area (Å²) in [6.45, 7) is -0.365. The van der Waals surface area contributed by atoms with Crippen molar-refractivity contribution in [3.05, 3.63) is 78.6 Å². The van der Waals surface area contributed by atoms with Crippen LogP contribution >= 0.6 is 0 Å². The molecule has 1 heterocycles. The summed E-state index contributed by atoms with van der Waals surface area (Å²) in [5.41, 5.74) is 0.928. The molecule has 0 amide bonds. The number of rotatable bonds is 9. The summed E-state index contributed by atoms with van der Waals surface area (Å²) < 4.78 is 38.6. The van der Waals surface area contributed by atoms with Crippen molar-refractivity contribution in [2.75, 3.05) is 25.1 Å². The highest BCUT2D eigenvalue weighted by Gasteiger charge is 2.29. The molecule has 0 N–H and O–H groups in total. The first kappa shape index (κ1) is 21.3. The van der Waals surface area contributed by atoms with E-state index >= 15 is 0 Å². The molecule has 0 radical (unpaired) electrons. The lowest BCUT2D eigenvalue weighted by Gasteiger charge is -2.26. The molecule has 0 saturated heterocycles. The fourth-order valence-corrected chi connectivity index (χ4v) is 4.43. The number of methoxy groups -OCH3 is 2. The number of pyridine rings is 1. The number of anilines is 1. The summed E-state index contributed by atoms with van der Waals surface area (Å²) in [7, 11) is -1.12. The van der Waals surface area contributed by atoms with Crippen LogP contribution in [0.15, 0.2) is 78.0 Å². The molecule has 0 bridgehead atoms. The molecule has 0 atom stereocenters. The van der Waals surface area contributed by atoms with Gasteiger partial charge in [0.1, 0.15) is 11.5 Å². The molecule has 2 aromatic carbocycles. The van der Waals surface area contributed by atoms with Gasteiger partial charge in [0, 0.05) is 24.9 Å². The molecule has 0 fully saturated rings. The minimum absolute atomic E-state index is 0.0565. The highest BCUT2D eigenvalue weighted by atomic mass is 32.2. The van der Waals surface area contributed by atoms with Gasteiger partial charge >= 0.3 is 0 Å². The van der Waals surface area contributed by atoms with E-state index in [1.807, 2.05) is 0 Å². The maximum absolute atomic E-state index is 13.5. The van der Waals surface area contributed by atoms with Crippen LogP contribution in [0, 0.1) is 0 Å². The Hall–Kier alpha value is -3.39. The molecule has 30 heavy (non-hydrogen) atoms. The lowest BCUT2D eigenvalue weighted by Crippen LogP contribution is -2.36. The SMILES string of the molecule is COc1ccc(OC)c(N(CC(=O)Cc2cccnc2)S(=O)(=O)c2ccccc2)c1. The van der Waals surface area contributed by atoms with Crippen LogP contribution in [0.4, 0.5) is 5.69 Å². The van der Waals surface area contributed by atoms with Crippen molar-refractivity contribution in [3.63, 3.8) is 0 Å². The normalized spacial score (nSPS) is 11.0. The van der Waals surface area contributed by atoms with E-state index in [1.54, 1.807) is 54.9 Å². The van der Waals surface area contributed by atoms with Gasteiger partial charge in [-0.25, -0.2) is 8.42 Å². The molecule has 0 aliphatic heterocycles. The van der Waals surface area contributed by atoms with E-state index in [4.69, 9.17) is 9.47 Å². The van der Waals surface area contributed by atoms with Crippen molar-refractivity contribution in [1.82, 2.24) is 4.98 Å². The van der Waals surface area contributed by atoms with Crippen LogP contribution in [0.5, 0.6) is 11.5 Å². The van der Waals surface area contributed by atoms with Gasteiger partial charge in [-0.15, -0.1) is 0 Å². The monoisotopic (exact) mass is 426 g/mol. The zero-order valence-electron chi connectivity index (χ0n) is 16.7. The van der Waals surface area contributed by atoms with Crippen molar-refractivity contribution < 1.29 is 22.7 Å². The van der Waals surface area contributed by atoms with Crippen molar-refractivity contribution in [2.45, 2.75) is 11.3 Å². The number of benzene rings is 2. The first-order valence-corrected chi connectivity index (χ1v) is 10.6. The second kappa shape index (κ2) is 9.41. The van der Waals surface area contributed by atoms with Gasteiger partial charge in [-0.2, -0.15) is 0 Å². The van der Waals surface area contributed by atoms with Crippen molar-refractivity contribution in [1.29, 1.82) is 0 Å². The van der Waals surface area contributed by atoms with Gasteiger partial charge in [-0.05, 0) is 35.9 Å². The number of sulfonamides is 1. The number of nitrogens with zero attached hydrogens (tertiary/aromatic N) is 2. The fourth-order valence-electron chi connectivity index (χ4n) is 2.96. The number of carbonyl (C=O) groups is 1. The summed E-state index contributed by atoms with van der Waals surface area (Å²) in [4.78, 5) is 16.9. The Balaban J connectivity index is 2.04. The molecular formula is C22H22N2O5S. The van der Waals surface area contributed by atoms with Gasteiger partial charge in [-0.1, -0.05) is 24.3 Å². The minimum atomic E-state index is -4.04. The average molecular weight is 426 g/mol. The zero-order chi connectivity index (χ0) is 21.6. The zero-order valence-corrected chi connectivity index (χ0v) is 17.5. The van der Waals surface area contributed by atoms with E-state index < -0.39 is 10.0 Å². The molecule has 3 rings (SSSR count). The summed E-state index contributed by atoms with van der Waals surface area (Å²) in [5.74, 6) is 0.468. The van der Waals surface area contributed by atoms with Crippen LogP contribution < -0.4 is 13.8 Å². The predicted molar refractivity (Wildman–Crippen MR) is 113 cm³/mol. The third-order valence-electron chi connectivity index (χ3n) is 4.43. The molecule has 156 valence electrons. The molecule has 8 heteroatoms. The molecular weight excluding hydrogens is 404 g/mol. The summed E-state index contributed by atoms with van der Waals surface area (Å²) in [5, 5.41) is 0. The Morgan fingerprint density at radius 3 is 2.40 bits per heavy atom. The van der Waals surface area contributed by atoms with Crippen molar-refractivity contribution >= 4 is 21.5 Å². The van der Waals surface area contributed by atoms with E-state index in [0.717, 1.165) is 4.31 Å². The average Bonchev–Trinajstić information content (AvgIpc) is 2.78. The first-order chi connectivity index (χ1) is 14.5. The van der Waals surface area contributed by atoms with Crippen LogP contribution in [0.2, 0.25) is 0 Å². The lowest BCUT2D eigenvalue weighted by molar-refractivity contribution is -0.117. The third kappa shape index (κ3) is 4.77. The summed E-state index contributed by atoms with van der Waals surface area (Å²) in [6.07, 6.45) is 3.25. The summed E-state index contributed by atoms with van der Waals surface area (Å²) >= 11 is 0. The van der Waals surface area contributed by atoms with Gasteiger partial charge in [0.25, 0.3) is 10.0 Å². The van der Waals surface area contributed by atoms with E-state index in [2.05, 4.69) is 4.98 Å². The number of Topliss-reactive ketones (excluding diaryl/α,β-unsaturated/α-hetero) is 1. The standard InChI is InChI=1S/C22H22N2O5S/c1-28-19-10-11-22(29-2)21(14-19)24(30(26,27)20-8-4-3-5-9-20)16-18(25)13-17-7-6-12-23-15-17/h3-12,14-15H,13,16H2,1-2H3. The Morgan fingerprint density at radius 1 is 1.00 bits per heavy atom. The number of ether oxygens (including phenoxy) is 2. The van der Waals surface area contributed by atoms with Crippen molar-refractivity contribution in [2.24, 2.45) is 0 Å². The Labute approximate surface area is 175 Å². The van der Waals surface area contributed by atoms with Crippen LogP contribution in [0.25, 0.3) is 0 Å². The van der Waals surface area contributed by atoms with Crippen molar-refractivity contribution in [3.8, 4) is 11.5 Å². The number of ketones is 1. The first-order valence-electron chi connectivity index (χ1n) is 9.16. The molecule has 0 spiro atoms. The van der Waals surface area contributed by atoms with Crippen LogP contribution in [0.1, 0.15) is 5.56 Å². The third-order valence-corrected chi connectivity index (χ3v) is 6.20. The molecule has 0 unspecified atom stereocenters. The summed E-state index contributed by atoms with van der Waals surface area (Å²) in [6, 6.07) is 16.3. The fraction of sp³-hybridized carbons (Fsp3) is 0.182. The minimum Gasteiger partial charge on any atom is -0.497 e. The second-order valence-corrected chi connectivity index (χ2v) is 8.30. The maximum Gasteiger partial charge on any atom is 0.264 e. The quantitative estimate of drug-likeness (QED) is 0.523. The number of hydrogen-bond donors (Lipinski definition) is 0. The molecule has 7 nitrogen and oxygen atoms in total. The number of carbonyl (C=O) groups excluding carboxylic acids is 1. The Kier molecular flexibility index (Phi) is 6.68. The van der Waals surface area contributed by atoms with E-state index in [1.165, 1.54) is 32.4 Å². The topological polar surface area (TPSA) is 85.8 Å². The van der Waals surface area contributed by atoms with Gasteiger partial charge in [0.2, 0.25) is 0 Å².